The molecule has 82 valence electrons. The quantitative estimate of drug-likeness (QED) is 0.640. The third-order valence-corrected chi connectivity index (χ3v) is 2.80. The first-order chi connectivity index (χ1) is 6.33. The highest BCUT2D eigenvalue weighted by atomic mass is 16.5. The molecule has 2 nitrogen and oxygen atoms in total. The van der Waals surface area contributed by atoms with Gasteiger partial charge in [-0.1, -0.05) is 13.8 Å². The van der Waals surface area contributed by atoms with Gasteiger partial charge in [0, 0.05) is 17.5 Å². The van der Waals surface area contributed by atoms with Gasteiger partial charge in [-0.15, -0.1) is 0 Å². The summed E-state index contributed by atoms with van der Waals surface area (Å²) in [7, 11) is 0. The summed E-state index contributed by atoms with van der Waals surface area (Å²) >= 11 is 0. The largest absolute Gasteiger partial charge is 0.479 e. The number of hydrogen-bond acceptors (Lipinski definition) is 2. The first-order valence-corrected chi connectivity index (χ1v) is 5.43. The van der Waals surface area contributed by atoms with Gasteiger partial charge in [-0.2, -0.15) is 0 Å². The van der Waals surface area contributed by atoms with Gasteiger partial charge >= 0.3 is 0 Å². The van der Waals surface area contributed by atoms with Crippen LogP contribution in [-0.2, 0) is 4.74 Å². The van der Waals surface area contributed by atoms with Crippen molar-refractivity contribution in [1.29, 1.82) is 0 Å². The van der Waals surface area contributed by atoms with E-state index in [2.05, 4.69) is 46.1 Å². The minimum atomic E-state index is 0.256. The third kappa shape index (κ3) is 2.43. The van der Waals surface area contributed by atoms with Crippen molar-refractivity contribution in [1.82, 2.24) is 4.90 Å². The van der Waals surface area contributed by atoms with E-state index in [1.54, 1.807) is 0 Å². The van der Waals surface area contributed by atoms with Gasteiger partial charge in [0.25, 0.3) is 0 Å². The minimum absolute atomic E-state index is 0.256. The predicted octanol–water partition coefficient (Wildman–Crippen LogP) is 3.00. The highest BCUT2D eigenvalue weighted by Crippen LogP contribution is 2.32. The molecule has 1 atom stereocenters. The second-order valence-corrected chi connectivity index (χ2v) is 5.40. The lowest BCUT2D eigenvalue weighted by molar-refractivity contribution is 0.0823. The first kappa shape index (κ1) is 11.4. The summed E-state index contributed by atoms with van der Waals surface area (Å²) in [5.41, 5.74) is 0.256. The molecule has 14 heavy (non-hydrogen) atoms. The number of ether oxygens (including phenoxy) is 1. The van der Waals surface area contributed by atoms with Crippen molar-refractivity contribution in [2.24, 2.45) is 5.41 Å². The Kier molecular flexibility index (Phi) is 3.13. The Labute approximate surface area is 87.9 Å². The normalized spacial score (nSPS) is 27.4. The van der Waals surface area contributed by atoms with Crippen LogP contribution >= 0.6 is 0 Å². The summed E-state index contributed by atoms with van der Waals surface area (Å²) in [6.07, 6.45) is 1.16. The zero-order chi connectivity index (χ0) is 10.9. The van der Waals surface area contributed by atoms with E-state index in [0.717, 1.165) is 18.9 Å². The topological polar surface area (TPSA) is 12.5 Å². The molecule has 1 aliphatic heterocycles. The van der Waals surface area contributed by atoms with Gasteiger partial charge in [-0.05, 0) is 33.8 Å². The first-order valence-electron chi connectivity index (χ1n) is 5.43. The van der Waals surface area contributed by atoms with Crippen molar-refractivity contribution >= 4 is 0 Å². The van der Waals surface area contributed by atoms with Gasteiger partial charge in [0.1, 0.15) is 0 Å². The Morgan fingerprint density at radius 2 is 2.07 bits per heavy atom. The molecule has 1 fully saturated rings. The van der Waals surface area contributed by atoms with Gasteiger partial charge < -0.3 is 9.64 Å². The summed E-state index contributed by atoms with van der Waals surface area (Å²) in [4.78, 5) is 2.27. The van der Waals surface area contributed by atoms with Crippen LogP contribution in [0.25, 0.3) is 0 Å². The minimum Gasteiger partial charge on any atom is -0.479 e. The van der Waals surface area contributed by atoms with E-state index in [9.17, 15) is 0 Å². The molecular formula is C12H23NO. The third-order valence-electron chi connectivity index (χ3n) is 2.80. The molecule has 1 rings (SSSR count). The summed E-state index contributed by atoms with van der Waals surface area (Å²) in [6, 6.07) is 0.978. The standard InChI is InChI=1S/C12H23NO/c1-9(2)13-10(3)7-12(5,6)8-14-11(13)4/h9-10H,4,7-8H2,1-3,5-6H3. The molecule has 0 radical (unpaired) electrons. The molecule has 0 aromatic carbocycles. The molecule has 0 N–H and O–H groups in total. The number of hydrogen-bond donors (Lipinski definition) is 0. The summed E-state index contributed by atoms with van der Waals surface area (Å²) in [5.74, 6) is 0.832. The van der Waals surface area contributed by atoms with E-state index in [4.69, 9.17) is 4.74 Å². The lowest BCUT2D eigenvalue weighted by Crippen LogP contribution is -2.37. The van der Waals surface area contributed by atoms with E-state index in [1.165, 1.54) is 0 Å². The van der Waals surface area contributed by atoms with Crippen LogP contribution < -0.4 is 0 Å². The maximum atomic E-state index is 5.69. The highest BCUT2D eigenvalue weighted by Gasteiger charge is 2.31. The smallest absolute Gasteiger partial charge is 0.182 e. The lowest BCUT2D eigenvalue weighted by Gasteiger charge is -2.34. The van der Waals surface area contributed by atoms with E-state index < -0.39 is 0 Å². The molecule has 1 unspecified atom stereocenters. The van der Waals surface area contributed by atoms with Crippen LogP contribution in [0.5, 0.6) is 0 Å². The Morgan fingerprint density at radius 3 is 2.57 bits per heavy atom. The van der Waals surface area contributed by atoms with E-state index in [1.807, 2.05) is 0 Å². The molecule has 0 aliphatic carbocycles. The van der Waals surface area contributed by atoms with Gasteiger partial charge in [-0.25, -0.2) is 0 Å². The SMILES string of the molecule is C=C1OCC(C)(C)CC(C)N1C(C)C. The number of nitrogens with zero attached hydrogens (tertiary/aromatic N) is 1. The molecule has 0 aromatic rings. The second kappa shape index (κ2) is 3.84. The van der Waals surface area contributed by atoms with Gasteiger partial charge in [0.2, 0.25) is 0 Å². The summed E-state index contributed by atoms with van der Waals surface area (Å²) in [6.45, 7) is 15.9. The van der Waals surface area contributed by atoms with E-state index >= 15 is 0 Å². The fraction of sp³-hybridized carbons (Fsp3) is 0.833. The van der Waals surface area contributed by atoms with Crippen LogP contribution in [0.1, 0.15) is 41.0 Å². The van der Waals surface area contributed by atoms with Crippen LogP contribution in [0.3, 0.4) is 0 Å². The molecule has 0 amide bonds. The van der Waals surface area contributed by atoms with Gasteiger partial charge in [0.15, 0.2) is 5.88 Å². The fourth-order valence-electron chi connectivity index (χ4n) is 2.35. The van der Waals surface area contributed by atoms with E-state index in [0.29, 0.717) is 12.1 Å². The van der Waals surface area contributed by atoms with Crippen molar-refractivity contribution in [3.63, 3.8) is 0 Å². The fourth-order valence-corrected chi connectivity index (χ4v) is 2.35. The molecule has 0 spiro atoms. The van der Waals surface area contributed by atoms with Gasteiger partial charge in [-0.3, -0.25) is 0 Å². The molecule has 1 aliphatic rings. The van der Waals surface area contributed by atoms with Crippen LogP contribution in [0.4, 0.5) is 0 Å². The predicted molar refractivity (Wildman–Crippen MR) is 59.9 cm³/mol. The Balaban J connectivity index is 2.82. The monoisotopic (exact) mass is 197 g/mol. The maximum Gasteiger partial charge on any atom is 0.182 e. The highest BCUT2D eigenvalue weighted by molar-refractivity contribution is 4.94. The van der Waals surface area contributed by atoms with Crippen LogP contribution in [-0.4, -0.2) is 23.6 Å². The molecule has 0 saturated carbocycles. The second-order valence-electron chi connectivity index (χ2n) is 5.40. The average Bonchev–Trinajstić information content (AvgIpc) is 2.07. The van der Waals surface area contributed by atoms with Crippen LogP contribution in [0.15, 0.2) is 12.5 Å². The molecule has 0 bridgehead atoms. The van der Waals surface area contributed by atoms with Crippen molar-refractivity contribution < 1.29 is 4.74 Å². The molecule has 1 saturated heterocycles. The Bertz CT molecular complexity index is 220. The average molecular weight is 197 g/mol. The molecular weight excluding hydrogens is 174 g/mol. The van der Waals surface area contributed by atoms with E-state index in [-0.39, 0.29) is 5.41 Å². The Morgan fingerprint density at radius 1 is 1.50 bits per heavy atom. The van der Waals surface area contributed by atoms with Gasteiger partial charge in [0.05, 0.1) is 6.61 Å². The van der Waals surface area contributed by atoms with Crippen LogP contribution in [0, 0.1) is 5.41 Å². The van der Waals surface area contributed by atoms with Crippen molar-refractivity contribution in [3.05, 3.63) is 12.5 Å². The van der Waals surface area contributed by atoms with Crippen molar-refractivity contribution in [3.8, 4) is 0 Å². The zero-order valence-corrected chi connectivity index (χ0v) is 10.1. The molecule has 0 aromatic heterocycles. The van der Waals surface area contributed by atoms with Crippen molar-refractivity contribution in [2.75, 3.05) is 6.61 Å². The van der Waals surface area contributed by atoms with Crippen molar-refractivity contribution in [2.45, 2.75) is 53.1 Å². The van der Waals surface area contributed by atoms with Crippen LogP contribution in [0.2, 0.25) is 0 Å². The summed E-state index contributed by atoms with van der Waals surface area (Å²) in [5, 5.41) is 0. The molecule has 1 heterocycles. The number of rotatable bonds is 1. The summed E-state index contributed by atoms with van der Waals surface area (Å²) < 4.78 is 5.69. The Hall–Kier alpha value is -0.660. The lowest BCUT2D eigenvalue weighted by atomic mass is 9.87. The zero-order valence-electron chi connectivity index (χ0n) is 10.1. The molecule has 2 heteroatoms. The maximum absolute atomic E-state index is 5.69.